The first-order valence-electron chi connectivity index (χ1n) is 42.0. The van der Waals surface area contributed by atoms with Crippen molar-refractivity contribution in [2.24, 2.45) is 11.8 Å². The van der Waals surface area contributed by atoms with Crippen LogP contribution in [0.15, 0.2) is 0 Å². The number of aliphatic hydroxyl groups excluding tert-OH is 1. The molecule has 594 valence electrons. The van der Waals surface area contributed by atoms with Gasteiger partial charge in [-0.1, -0.05) is 375 Å². The van der Waals surface area contributed by atoms with Gasteiger partial charge in [-0.15, -0.1) is 0 Å². The van der Waals surface area contributed by atoms with E-state index in [9.17, 15) is 43.2 Å². The van der Waals surface area contributed by atoms with Gasteiger partial charge in [-0.2, -0.15) is 0 Å². The van der Waals surface area contributed by atoms with Gasteiger partial charge in [-0.05, 0) is 37.5 Å². The minimum atomic E-state index is -4.96. The number of rotatable bonds is 80. The van der Waals surface area contributed by atoms with E-state index in [-0.39, 0.29) is 25.7 Å². The average molecular weight is 1470 g/mol. The number of hydrogen-bond donors (Lipinski definition) is 3. The number of aliphatic hydroxyl groups is 1. The third kappa shape index (κ3) is 73.0. The summed E-state index contributed by atoms with van der Waals surface area (Å²) in [4.78, 5) is 73.0. The molecule has 0 bridgehead atoms. The van der Waals surface area contributed by atoms with Crippen LogP contribution < -0.4 is 0 Å². The largest absolute Gasteiger partial charge is 0.472 e. The maximum absolute atomic E-state index is 13.1. The Morgan fingerprint density at radius 1 is 0.290 bits per heavy atom. The van der Waals surface area contributed by atoms with Crippen molar-refractivity contribution < 1.29 is 80.2 Å². The van der Waals surface area contributed by atoms with E-state index in [2.05, 4.69) is 41.5 Å². The molecule has 19 heteroatoms. The second kappa shape index (κ2) is 72.6. The number of phosphoric acid groups is 2. The van der Waals surface area contributed by atoms with Crippen molar-refractivity contribution in [3.8, 4) is 0 Å². The normalized spacial score (nSPS) is 14.2. The van der Waals surface area contributed by atoms with Crippen molar-refractivity contribution in [1.82, 2.24) is 0 Å². The van der Waals surface area contributed by atoms with Gasteiger partial charge in [0.2, 0.25) is 0 Å². The van der Waals surface area contributed by atoms with Crippen molar-refractivity contribution in [3.63, 3.8) is 0 Å². The van der Waals surface area contributed by atoms with E-state index in [0.717, 1.165) is 102 Å². The fraction of sp³-hybridized carbons (Fsp3) is 0.951. The van der Waals surface area contributed by atoms with Crippen LogP contribution in [0.1, 0.15) is 427 Å². The second-order valence-corrected chi connectivity index (χ2v) is 32.8. The topological polar surface area (TPSA) is 237 Å². The van der Waals surface area contributed by atoms with Crippen molar-refractivity contribution in [3.05, 3.63) is 0 Å². The van der Waals surface area contributed by atoms with E-state index in [4.69, 9.17) is 37.0 Å². The average Bonchev–Trinajstić information content (AvgIpc) is 0.940. The van der Waals surface area contributed by atoms with Gasteiger partial charge in [-0.3, -0.25) is 37.3 Å². The molecule has 0 amide bonds. The third-order valence-corrected chi connectivity index (χ3v) is 21.2. The highest BCUT2D eigenvalue weighted by atomic mass is 31.2. The van der Waals surface area contributed by atoms with E-state index >= 15 is 0 Å². The Morgan fingerprint density at radius 2 is 0.510 bits per heavy atom. The molecule has 0 aliphatic heterocycles. The van der Waals surface area contributed by atoms with Gasteiger partial charge in [-0.25, -0.2) is 9.13 Å². The SMILES string of the molecule is CCCCCCCCCCCCCCCCCCCCC(=O)OC[C@H](COP(=O)(O)OC[C@@H](O)COP(=O)(O)OC[C@@H](COC(=O)CCCCCCCCCCCCCC)OC(=O)CCCCCCCCCCC(C)CC)OC(=O)CCCCCCCCCCCCCCCCCC(C)C. The molecule has 100 heavy (non-hydrogen) atoms. The molecule has 3 N–H and O–H groups in total. The monoisotopic (exact) mass is 1470 g/mol. The summed E-state index contributed by atoms with van der Waals surface area (Å²) in [6.07, 6.45) is 62.3. The number of carbonyl (C=O) groups excluding carboxylic acids is 4. The Bertz CT molecular complexity index is 1930. The number of carbonyl (C=O) groups is 4. The van der Waals surface area contributed by atoms with Crippen LogP contribution in [0.2, 0.25) is 0 Å². The standard InChI is InChI=1S/C81H158O17P2/c1-7-10-12-14-16-18-20-22-23-24-25-28-31-35-39-46-52-58-64-79(84)91-69-76(97-80(85)65-59-53-47-40-36-32-29-26-27-30-33-37-43-49-55-61-73(4)5)71-95-99(87,88)93-67-75(82)68-94-100(89,90)96-72-77(98-81(86)66-60-54-48-42-41-44-50-56-62-74(6)9-3)70-92-78(83)63-57-51-45-38-34-21-19-17-15-13-11-8-2/h73-77,82H,7-72H2,1-6H3,(H,87,88)(H,89,90)/t74?,75-,76-,77-/m1/s1. The molecular formula is C81H158O17P2. The lowest BCUT2D eigenvalue weighted by Gasteiger charge is -2.21. The zero-order valence-electron chi connectivity index (χ0n) is 65.5. The molecule has 0 aliphatic rings. The summed E-state index contributed by atoms with van der Waals surface area (Å²) in [7, 11) is -9.92. The van der Waals surface area contributed by atoms with Crippen LogP contribution in [0.25, 0.3) is 0 Å². The Labute approximate surface area is 613 Å². The quantitative estimate of drug-likeness (QED) is 0.0222. The zero-order chi connectivity index (χ0) is 73.5. The number of phosphoric ester groups is 2. The lowest BCUT2D eigenvalue weighted by molar-refractivity contribution is -0.161. The first-order valence-corrected chi connectivity index (χ1v) is 45.0. The first-order chi connectivity index (χ1) is 48.4. The van der Waals surface area contributed by atoms with Gasteiger partial charge in [0, 0.05) is 25.7 Å². The Kier molecular flexibility index (Phi) is 71.2. The number of hydrogen-bond acceptors (Lipinski definition) is 15. The molecule has 0 saturated heterocycles. The molecule has 0 heterocycles. The molecule has 6 atom stereocenters. The number of ether oxygens (including phenoxy) is 4. The summed E-state index contributed by atoms with van der Waals surface area (Å²) in [6.45, 7) is 9.66. The Balaban J connectivity index is 5.25. The Hall–Kier alpha value is -1.94. The van der Waals surface area contributed by atoms with Crippen LogP contribution in [0.4, 0.5) is 0 Å². The summed E-state index contributed by atoms with van der Waals surface area (Å²) in [5, 5.41) is 10.6. The second-order valence-electron chi connectivity index (χ2n) is 29.9. The molecule has 0 aromatic rings. The van der Waals surface area contributed by atoms with E-state index < -0.39 is 97.5 Å². The predicted octanol–water partition coefficient (Wildman–Crippen LogP) is 24.3. The molecule has 0 aromatic heterocycles. The smallest absolute Gasteiger partial charge is 0.462 e. The van der Waals surface area contributed by atoms with Crippen LogP contribution in [0.3, 0.4) is 0 Å². The van der Waals surface area contributed by atoms with Gasteiger partial charge < -0.3 is 33.8 Å². The van der Waals surface area contributed by atoms with Gasteiger partial charge in [0.15, 0.2) is 12.2 Å². The van der Waals surface area contributed by atoms with Crippen LogP contribution >= 0.6 is 15.6 Å². The summed E-state index contributed by atoms with van der Waals surface area (Å²) >= 11 is 0. The molecule has 3 unspecified atom stereocenters. The van der Waals surface area contributed by atoms with E-state index in [0.29, 0.717) is 25.7 Å². The fourth-order valence-corrected chi connectivity index (χ4v) is 14.1. The number of unbranched alkanes of at least 4 members (excludes halogenated alkanes) is 49. The highest BCUT2D eigenvalue weighted by Crippen LogP contribution is 2.45. The zero-order valence-corrected chi connectivity index (χ0v) is 67.3. The summed E-state index contributed by atoms with van der Waals surface area (Å²) < 4.78 is 68.7. The molecule has 0 fully saturated rings. The first kappa shape index (κ1) is 98.1. The van der Waals surface area contributed by atoms with Crippen LogP contribution in [0, 0.1) is 11.8 Å². The minimum absolute atomic E-state index is 0.106. The van der Waals surface area contributed by atoms with Crippen LogP contribution in [-0.2, 0) is 65.4 Å². The maximum atomic E-state index is 13.1. The predicted molar refractivity (Wildman–Crippen MR) is 409 cm³/mol. The Morgan fingerprint density at radius 3 is 0.760 bits per heavy atom. The lowest BCUT2D eigenvalue weighted by atomic mass is 9.99. The van der Waals surface area contributed by atoms with Gasteiger partial charge >= 0.3 is 39.5 Å². The van der Waals surface area contributed by atoms with E-state index in [1.807, 2.05) is 0 Å². The minimum Gasteiger partial charge on any atom is -0.462 e. The van der Waals surface area contributed by atoms with Crippen molar-refractivity contribution in [1.29, 1.82) is 0 Å². The van der Waals surface area contributed by atoms with Crippen LogP contribution in [-0.4, -0.2) is 96.7 Å². The maximum Gasteiger partial charge on any atom is 0.472 e. The molecule has 0 rings (SSSR count). The third-order valence-electron chi connectivity index (χ3n) is 19.3. The summed E-state index contributed by atoms with van der Waals surface area (Å²) in [6, 6.07) is 0. The van der Waals surface area contributed by atoms with Gasteiger partial charge in [0.1, 0.15) is 19.3 Å². The van der Waals surface area contributed by atoms with Gasteiger partial charge in [0.25, 0.3) is 0 Å². The molecule has 0 saturated carbocycles. The van der Waals surface area contributed by atoms with Crippen molar-refractivity contribution in [2.45, 2.75) is 445 Å². The molecule has 0 aromatic carbocycles. The highest BCUT2D eigenvalue weighted by Gasteiger charge is 2.30. The van der Waals surface area contributed by atoms with Crippen molar-refractivity contribution in [2.75, 3.05) is 39.6 Å². The molecule has 0 aliphatic carbocycles. The van der Waals surface area contributed by atoms with Crippen molar-refractivity contribution >= 4 is 39.5 Å². The van der Waals surface area contributed by atoms with E-state index in [1.54, 1.807) is 0 Å². The highest BCUT2D eigenvalue weighted by molar-refractivity contribution is 7.47. The molecule has 17 nitrogen and oxygen atoms in total. The fourth-order valence-electron chi connectivity index (χ4n) is 12.5. The summed E-state index contributed by atoms with van der Waals surface area (Å²) in [5.41, 5.74) is 0. The molecule has 0 radical (unpaired) electrons. The molecular weight excluding hydrogens is 1310 g/mol. The van der Waals surface area contributed by atoms with Crippen LogP contribution in [0.5, 0.6) is 0 Å². The van der Waals surface area contributed by atoms with Gasteiger partial charge in [0.05, 0.1) is 26.4 Å². The summed E-state index contributed by atoms with van der Waals surface area (Å²) in [5.74, 6) is -0.536. The van der Waals surface area contributed by atoms with E-state index in [1.165, 1.54) is 244 Å². The lowest BCUT2D eigenvalue weighted by Crippen LogP contribution is -2.30. The molecule has 0 spiro atoms. The number of esters is 4.